The molecule has 0 atom stereocenters. The molecule has 3 aromatic carbocycles. The van der Waals surface area contributed by atoms with E-state index in [1.54, 1.807) is 12.3 Å². The second kappa shape index (κ2) is 7.81. The lowest BCUT2D eigenvalue weighted by molar-refractivity contribution is 0.628. The number of rotatable bonds is 4. The summed E-state index contributed by atoms with van der Waals surface area (Å²) in [6.07, 6.45) is 1.55. The molecule has 1 heterocycles. The number of thiazole rings is 1. The van der Waals surface area contributed by atoms with Gasteiger partial charge in [-0.15, -0.1) is 11.3 Å². The molecule has 3 nitrogen and oxygen atoms in total. The first-order valence-corrected chi connectivity index (χ1v) is 9.67. The summed E-state index contributed by atoms with van der Waals surface area (Å²) >= 11 is 7.18. The van der Waals surface area contributed by atoms with Gasteiger partial charge in [-0.1, -0.05) is 48.0 Å². The number of fused-ring (bicyclic) bond motifs is 1. The number of nitrogens with zero attached hydrogens (tertiary/aromatic N) is 2. The number of nitriles is 1. The SMILES string of the molecule is N#CC(=CNc1ccc(F)c(Cl)c1)c1nc(-c2ccc3ccccc3c2)cs1. The van der Waals surface area contributed by atoms with Gasteiger partial charge in [0, 0.05) is 22.8 Å². The predicted molar refractivity (Wildman–Crippen MR) is 114 cm³/mol. The van der Waals surface area contributed by atoms with Crippen molar-refractivity contribution in [2.45, 2.75) is 0 Å². The first-order valence-electron chi connectivity index (χ1n) is 8.41. The fourth-order valence-corrected chi connectivity index (χ4v) is 3.74. The van der Waals surface area contributed by atoms with Crippen molar-refractivity contribution in [3.63, 3.8) is 0 Å². The number of benzene rings is 3. The lowest BCUT2D eigenvalue weighted by Gasteiger charge is -2.03. The Kier molecular flexibility index (Phi) is 5.07. The Morgan fingerprint density at radius 2 is 1.93 bits per heavy atom. The highest BCUT2D eigenvalue weighted by Gasteiger charge is 2.10. The number of nitrogens with one attached hydrogen (secondary N) is 1. The Morgan fingerprint density at radius 3 is 2.71 bits per heavy atom. The maximum Gasteiger partial charge on any atom is 0.141 e. The van der Waals surface area contributed by atoms with E-state index < -0.39 is 5.82 Å². The van der Waals surface area contributed by atoms with E-state index in [0.717, 1.165) is 16.6 Å². The summed E-state index contributed by atoms with van der Waals surface area (Å²) in [6.45, 7) is 0. The van der Waals surface area contributed by atoms with E-state index in [1.807, 2.05) is 23.6 Å². The smallest absolute Gasteiger partial charge is 0.141 e. The van der Waals surface area contributed by atoms with Gasteiger partial charge >= 0.3 is 0 Å². The van der Waals surface area contributed by atoms with E-state index in [-0.39, 0.29) is 5.02 Å². The molecule has 0 saturated carbocycles. The molecular formula is C22H13ClFN3S. The molecule has 0 spiro atoms. The van der Waals surface area contributed by atoms with Crippen molar-refractivity contribution < 1.29 is 4.39 Å². The van der Waals surface area contributed by atoms with Gasteiger partial charge in [-0.25, -0.2) is 9.37 Å². The van der Waals surface area contributed by atoms with Gasteiger partial charge in [-0.05, 0) is 35.0 Å². The molecule has 6 heteroatoms. The monoisotopic (exact) mass is 405 g/mol. The fraction of sp³-hybridized carbons (Fsp3) is 0. The van der Waals surface area contributed by atoms with Crippen LogP contribution in [-0.4, -0.2) is 4.98 Å². The number of hydrogen-bond donors (Lipinski definition) is 1. The lowest BCUT2D eigenvalue weighted by Crippen LogP contribution is -1.92. The van der Waals surface area contributed by atoms with E-state index in [2.05, 4.69) is 40.6 Å². The average molecular weight is 406 g/mol. The summed E-state index contributed by atoms with van der Waals surface area (Å²) in [5, 5.41) is 17.3. The lowest BCUT2D eigenvalue weighted by atomic mass is 10.1. The molecular weight excluding hydrogens is 393 g/mol. The van der Waals surface area contributed by atoms with Gasteiger partial charge < -0.3 is 5.32 Å². The number of anilines is 1. The van der Waals surface area contributed by atoms with Crippen LogP contribution < -0.4 is 5.32 Å². The third-order valence-electron chi connectivity index (χ3n) is 4.20. The van der Waals surface area contributed by atoms with Gasteiger partial charge in [-0.3, -0.25) is 0 Å². The van der Waals surface area contributed by atoms with Crippen molar-refractivity contribution in [3.8, 4) is 17.3 Å². The molecule has 4 rings (SSSR count). The first kappa shape index (κ1) is 18.2. The zero-order valence-corrected chi connectivity index (χ0v) is 16.1. The van der Waals surface area contributed by atoms with Crippen LogP contribution in [0.2, 0.25) is 5.02 Å². The van der Waals surface area contributed by atoms with Gasteiger partial charge in [0.05, 0.1) is 10.7 Å². The highest BCUT2D eigenvalue weighted by Crippen LogP contribution is 2.28. The summed E-state index contributed by atoms with van der Waals surface area (Å²) in [5.74, 6) is -0.489. The summed E-state index contributed by atoms with van der Waals surface area (Å²) in [6, 6.07) is 20.7. The topological polar surface area (TPSA) is 48.7 Å². The van der Waals surface area contributed by atoms with Gasteiger partial charge in [0.1, 0.15) is 22.5 Å². The minimum atomic E-state index is -0.489. The molecule has 136 valence electrons. The van der Waals surface area contributed by atoms with E-state index in [9.17, 15) is 9.65 Å². The highest BCUT2D eigenvalue weighted by atomic mass is 35.5. The van der Waals surface area contributed by atoms with Crippen LogP contribution in [0.3, 0.4) is 0 Å². The van der Waals surface area contributed by atoms with Crippen molar-refractivity contribution in [2.75, 3.05) is 5.32 Å². The van der Waals surface area contributed by atoms with Crippen molar-refractivity contribution in [2.24, 2.45) is 0 Å². The highest BCUT2D eigenvalue weighted by molar-refractivity contribution is 7.11. The molecule has 0 saturated heterocycles. The molecule has 0 aliphatic carbocycles. The summed E-state index contributed by atoms with van der Waals surface area (Å²) in [5.41, 5.74) is 2.79. The Balaban J connectivity index is 1.60. The van der Waals surface area contributed by atoms with Crippen LogP contribution in [0.25, 0.3) is 27.6 Å². The first-order chi connectivity index (χ1) is 13.6. The fourth-order valence-electron chi connectivity index (χ4n) is 2.76. The van der Waals surface area contributed by atoms with E-state index in [1.165, 1.54) is 28.9 Å². The molecule has 0 aliphatic heterocycles. The van der Waals surface area contributed by atoms with Crippen LogP contribution in [0.4, 0.5) is 10.1 Å². The predicted octanol–water partition coefficient (Wildman–Crippen LogP) is 6.73. The molecule has 0 fully saturated rings. The molecule has 0 radical (unpaired) electrons. The largest absolute Gasteiger partial charge is 0.360 e. The average Bonchev–Trinajstić information content (AvgIpc) is 3.21. The van der Waals surface area contributed by atoms with Gasteiger partial charge in [0.25, 0.3) is 0 Å². The van der Waals surface area contributed by atoms with Crippen molar-refractivity contribution in [1.82, 2.24) is 4.98 Å². The second-order valence-electron chi connectivity index (χ2n) is 6.04. The third kappa shape index (κ3) is 3.74. The summed E-state index contributed by atoms with van der Waals surface area (Å²) in [7, 11) is 0. The Hall–Kier alpha value is -3.20. The van der Waals surface area contributed by atoms with Crippen LogP contribution in [-0.2, 0) is 0 Å². The summed E-state index contributed by atoms with van der Waals surface area (Å²) in [4.78, 5) is 4.60. The Labute approximate surface area is 170 Å². The maximum atomic E-state index is 13.3. The molecule has 0 bridgehead atoms. The van der Waals surface area contributed by atoms with Crippen LogP contribution in [0.5, 0.6) is 0 Å². The quantitative estimate of drug-likeness (QED) is 0.383. The van der Waals surface area contributed by atoms with Crippen LogP contribution in [0, 0.1) is 17.1 Å². The number of aromatic nitrogens is 1. The Morgan fingerprint density at radius 1 is 1.11 bits per heavy atom. The van der Waals surface area contributed by atoms with Crippen LogP contribution in [0.1, 0.15) is 5.01 Å². The van der Waals surface area contributed by atoms with Gasteiger partial charge in [-0.2, -0.15) is 5.26 Å². The minimum absolute atomic E-state index is 0.0183. The van der Waals surface area contributed by atoms with Crippen molar-refractivity contribution in [3.05, 3.63) is 88.1 Å². The molecule has 4 aromatic rings. The third-order valence-corrected chi connectivity index (χ3v) is 5.37. The standard InChI is InChI=1S/C22H13ClFN3S/c23-19-10-18(7-8-20(19)24)26-12-17(11-25)22-27-21(13-28-22)16-6-5-14-3-1-2-4-15(14)9-16/h1-10,12-13,26H. The van der Waals surface area contributed by atoms with Crippen LogP contribution >= 0.6 is 22.9 Å². The van der Waals surface area contributed by atoms with Gasteiger partial charge in [0.15, 0.2) is 0 Å². The molecule has 0 amide bonds. The molecule has 0 unspecified atom stereocenters. The second-order valence-corrected chi connectivity index (χ2v) is 7.31. The van der Waals surface area contributed by atoms with E-state index >= 15 is 0 Å². The number of allylic oxidation sites excluding steroid dienone is 1. The van der Waals surface area contributed by atoms with E-state index in [4.69, 9.17) is 11.6 Å². The maximum absolute atomic E-state index is 13.3. The zero-order valence-electron chi connectivity index (χ0n) is 14.5. The number of halogens is 2. The van der Waals surface area contributed by atoms with Gasteiger partial charge in [0.2, 0.25) is 0 Å². The normalized spacial score (nSPS) is 11.4. The van der Waals surface area contributed by atoms with Crippen molar-refractivity contribution >= 4 is 45.0 Å². The Bertz CT molecular complexity index is 1240. The molecule has 0 aliphatic rings. The van der Waals surface area contributed by atoms with Crippen molar-refractivity contribution in [1.29, 1.82) is 5.26 Å². The minimum Gasteiger partial charge on any atom is -0.360 e. The number of hydrogen-bond acceptors (Lipinski definition) is 4. The van der Waals surface area contributed by atoms with E-state index in [0.29, 0.717) is 16.3 Å². The molecule has 1 N–H and O–H groups in total. The molecule has 1 aromatic heterocycles. The molecule has 28 heavy (non-hydrogen) atoms. The zero-order chi connectivity index (χ0) is 19.5. The van der Waals surface area contributed by atoms with Crippen LogP contribution in [0.15, 0.2) is 72.2 Å². The summed E-state index contributed by atoms with van der Waals surface area (Å²) < 4.78 is 13.3.